The zero-order valence-electron chi connectivity index (χ0n) is 20.9. The van der Waals surface area contributed by atoms with E-state index in [1.54, 1.807) is 20.8 Å². The Bertz CT molecular complexity index is 1050. The van der Waals surface area contributed by atoms with Crippen LogP contribution in [0.1, 0.15) is 18.4 Å². The number of nitriles is 1. The summed E-state index contributed by atoms with van der Waals surface area (Å²) in [6.45, 7) is 4.07. The van der Waals surface area contributed by atoms with Gasteiger partial charge < -0.3 is 19.4 Å². The van der Waals surface area contributed by atoms with Crippen LogP contribution >= 0.6 is 0 Å². The number of alkyl halides is 3. The number of piperazine rings is 1. The predicted molar refractivity (Wildman–Crippen MR) is 129 cm³/mol. The molecule has 0 aliphatic carbocycles. The Morgan fingerprint density at radius 3 is 2.58 bits per heavy atom. The number of pyridine rings is 1. The van der Waals surface area contributed by atoms with E-state index in [1.165, 1.54) is 6.20 Å². The number of anilines is 1. The first-order valence-electron chi connectivity index (χ1n) is 12.9. The van der Waals surface area contributed by atoms with Gasteiger partial charge in [0.05, 0.1) is 31.4 Å². The van der Waals surface area contributed by atoms with Crippen LogP contribution in [-0.4, -0.2) is 115 Å². The fraction of sp³-hybridized carbons (Fsp3) is 0.667. The highest BCUT2D eigenvalue weighted by atomic mass is 19.4. The van der Waals surface area contributed by atoms with Crippen LogP contribution in [0.15, 0.2) is 18.3 Å². The number of amides is 3. The molecule has 4 aliphatic heterocycles. The van der Waals surface area contributed by atoms with Gasteiger partial charge in [-0.2, -0.15) is 18.4 Å². The number of rotatable bonds is 5. The maximum absolute atomic E-state index is 13.6. The second kappa shape index (κ2) is 10.9. The van der Waals surface area contributed by atoms with Gasteiger partial charge in [0.15, 0.2) is 5.92 Å². The number of hydrogen-bond donors (Lipinski definition) is 2. The molecule has 0 spiro atoms. The van der Waals surface area contributed by atoms with Crippen molar-refractivity contribution in [3.05, 3.63) is 23.9 Å². The molecule has 4 fully saturated rings. The monoisotopic (exact) mass is 536 g/mol. The Hall–Kier alpha value is -3.15. The van der Waals surface area contributed by atoms with Gasteiger partial charge >= 0.3 is 12.2 Å². The Kier molecular flexibility index (Phi) is 7.60. The topological polar surface area (TPSA) is 117 Å². The van der Waals surface area contributed by atoms with Crippen LogP contribution in [0.4, 0.5) is 23.8 Å². The minimum atomic E-state index is -4.62. The van der Waals surface area contributed by atoms with Crippen molar-refractivity contribution >= 4 is 17.8 Å². The van der Waals surface area contributed by atoms with Gasteiger partial charge in [-0.15, -0.1) is 0 Å². The molecule has 1 aromatic rings. The molecule has 4 aliphatic rings. The third kappa shape index (κ3) is 5.50. The Balaban J connectivity index is 1.06. The predicted octanol–water partition coefficient (Wildman–Crippen LogP) is 0.542. The number of ether oxygens (including phenoxy) is 1. The van der Waals surface area contributed by atoms with Crippen LogP contribution < -0.4 is 15.8 Å². The van der Waals surface area contributed by atoms with Gasteiger partial charge in [0.2, 0.25) is 5.91 Å². The summed E-state index contributed by atoms with van der Waals surface area (Å²) >= 11 is 0. The van der Waals surface area contributed by atoms with E-state index in [2.05, 4.69) is 20.7 Å². The van der Waals surface area contributed by atoms with Crippen molar-refractivity contribution in [2.75, 3.05) is 63.9 Å². The molecule has 2 N–H and O–H groups in total. The minimum absolute atomic E-state index is 0.0205. The SMILES string of the molecule is N#Cc1ccc(N2CCN(C(=O)N3CC(OC[C@@H]4CCCN4C4CNNC(=O)C4C(F)(F)F)C3)CC2)nc1. The summed E-state index contributed by atoms with van der Waals surface area (Å²) in [6.07, 6.45) is -1.79. The quantitative estimate of drug-likeness (QED) is 0.560. The molecule has 14 heteroatoms. The van der Waals surface area contributed by atoms with Gasteiger partial charge in [0.25, 0.3) is 0 Å². The lowest BCUT2D eigenvalue weighted by molar-refractivity contribution is -0.202. The fourth-order valence-electron chi connectivity index (χ4n) is 5.68. The number of halogens is 3. The molecule has 206 valence electrons. The fourth-order valence-corrected chi connectivity index (χ4v) is 5.68. The molecule has 5 heterocycles. The second-order valence-corrected chi connectivity index (χ2v) is 10.1. The van der Waals surface area contributed by atoms with Crippen molar-refractivity contribution in [3.63, 3.8) is 0 Å². The van der Waals surface area contributed by atoms with Gasteiger partial charge in [-0.05, 0) is 31.5 Å². The van der Waals surface area contributed by atoms with Gasteiger partial charge in [0.1, 0.15) is 11.9 Å². The maximum Gasteiger partial charge on any atom is 0.402 e. The van der Waals surface area contributed by atoms with Gasteiger partial charge in [-0.25, -0.2) is 15.2 Å². The van der Waals surface area contributed by atoms with E-state index in [0.29, 0.717) is 57.8 Å². The first-order valence-corrected chi connectivity index (χ1v) is 12.9. The third-order valence-corrected chi connectivity index (χ3v) is 7.79. The highest BCUT2D eigenvalue weighted by Gasteiger charge is 2.54. The number of nitrogens with zero attached hydrogens (tertiary/aromatic N) is 6. The number of likely N-dealkylation sites (tertiary alicyclic amines) is 2. The largest absolute Gasteiger partial charge is 0.402 e. The number of nitrogens with one attached hydrogen (secondary N) is 2. The van der Waals surface area contributed by atoms with E-state index in [1.807, 2.05) is 12.1 Å². The van der Waals surface area contributed by atoms with E-state index >= 15 is 0 Å². The molecule has 3 atom stereocenters. The summed E-state index contributed by atoms with van der Waals surface area (Å²) in [5, 5.41) is 8.92. The molecule has 4 saturated heterocycles. The summed E-state index contributed by atoms with van der Waals surface area (Å²) in [7, 11) is 0. The second-order valence-electron chi connectivity index (χ2n) is 10.1. The maximum atomic E-state index is 13.6. The third-order valence-electron chi connectivity index (χ3n) is 7.79. The van der Waals surface area contributed by atoms with Gasteiger partial charge in [-0.1, -0.05) is 0 Å². The molecule has 0 radical (unpaired) electrons. The Labute approximate surface area is 218 Å². The highest BCUT2D eigenvalue weighted by Crippen LogP contribution is 2.35. The van der Waals surface area contributed by atoms with Crippen molar-refractivity contribution in [2.24, 2.45) is 5.92 Å². The van der Waals surface area contributed by atoms with Gasteiger partial charge in [-0.3, -0.25) is 15.1 Å². The molecule has 0 bridgehead atoms. The molecule has 3 amide bonds. The lowest BCUT2D eigenvalue weighted by Crippen LogP contribution is -2.65. The summed E-state index contributed by atoms with van der Waals surface area (Å²) < 4.78 is 46.8. The standard InChI is InChI=1S/C24H31F3N8O3/c25-24(26,27)21-19(12-30-31-22(21)36)35-5-1-2-17(35)15-38-18-13-34(14-18)23(37)33-8-6-32(7-9-33)20-4-3-16(10-28)11-29-20/h3-4,11,17-19,21,30H,1-2,5-9,12-15H2,(H,31,36)/t17-,19?,21?/m0/s1. The van der Waals surface area contributed by atoms with Crippen LogP contribution in [0, 0.1) is 17.2 Å². The minimum Gasteiger partial charge on any atom is -0.373 e. The number of hydrogen-bond acceptors (Lipinski definition) is 8. The van der Waals surface area contributed by atoms with E-state index < -0.39 is 24.0 Å². The van der Waals surface area contributed by atoms with Crippen LogP contribution in [0.2, 0.25) is 0 Å². The molecule has 0 aromatic carbocycles. The van der Waals surface area contributed by atoms with Crippen LogP contribution in [0.3, 0.4) is 0 Å². The lowest BCUT2D eigenvalue weighted by atomic mass is 9.94. The zero-order valence-corrected chi connectivity index (χ0v) is 20.9. The average Bonchev–Trinajstić information content (AvgIpc) is 3.35. The number of hydrazine groups is 1. The van der Waals surface area contributed by atoms with E-state index in [9.17, 15) is 22.8 Å². The van der Waals surface area contributed by atoms with Crippen LogP contribution in [-0.2, 0) is 9.53 Å². The Morgan fingerprint density at radius 2 is 1.92 bits per heavy atom. The smallest absolute Gasteiger partial charge is 0.373 e. The van der Waals surface area contributed by atoms with E-state index in [-0.39, 0.29) is 31.3 Å². The van der Waals surface area contributed by atoms with Crippen molar-refractivity contribution in [1.29, 1.82) is 5.26 Å². The first kappa shape index (κ1) is 26.5. The molecular formula is C24H31F3N8O3. The van der Waals surface area contributed by atoms with Crippen LogP contribution in [0.25, 0.3) is 0 Å². The molecule has 11 nitrogen and oxygen atoms in total. The zero-order chi connectivity index (χ0) is 26.9. The molecule has 2 unspecified atom stereocenters. The normalized spacial score (nSPS) is 27.2. The van der Waals surface area contributed by atoms with Crippen molar-refractivity contribution in [2.45, 2.75) is 37.2 Å². The van der Waals surface area contributed by atoms with Crippen molar-refractivity contribution in [1.82, 2.24) is 30.5 Å². The summed E-state index contributed by atoms with van der Waals surface area (Å²) in [4.78, 5) is 36.5. The van der Waals surface area contributed by atoms with Crippen molar-refractivity contribution < 1.29 is 27.5 Å². The first-order chi connectivity index (χ1) is 18.2. The number of carbonyl (C=O) groups excluding carboxylic acids is 2. The lowest BCUT2D eigenvalue weighted by Gasteiger charge is -2.45. The molecular weight excluding hydrogens is 505 g/mol. The number of aromatic nitrogens is 1. The molecule has 1 aromatic heterocycles. The van der Waals surface area contributed by atoms with E-state index in [4.69, 9.17) is 10.00 Å². The average molecular weight is 537 g/mol. The van der Waals surface area contributed by atoms with E-state index in [0.717, 1.165) is 12.2 Å². The summed E-state index contributed by atoms with van der Waals surface area (Å²) in [6, 6.07) is 4.35. The Morgan fingerprint density at radius 1 is 1.16 bits per heavy atom. The molecule has 38 heavy (non-hydrogen) atoms. The van der Waals surface area contributed by atoms with Crippen LogP contribution in [0.5, 0.6) is 0 Å². The summed E-state index contributed by atoms with van der Waals surface area (Å²) in [5.41, 5.74) is 5.20. The molecule has 5 rings (SSSR count). The van der Waals surface area contributed by atoms with Gasteiger partial charge in [0, 0.05) is 51.0 Å². The number of urea groups is 1. The van der Waals surface area contributed by atoms with Crippen molar-refractivity contribution in [3.8, 4) is 6.07 Å². The highest BCUT2D eigenvalue weighted by molar-refractivity contribution is 5.80. The summed E-state index contributed by atoms with van der Waals surface area (Å²) in [5.74, 6) is -2.35. The number of carbonyl (C=O) groups is 2. The molecule has 0 saturated carbocycles.